The fraction of sp³-hybridized carbons (Fsp3) is 0.154. The van der Waals surface area contributed by atoms with Crippen LogP contribution < -0.4 is 10.9 Å². The minimum absolute atomic E-state index is 0.0341. The molecule has 0 aliphatic heterocycles. The molecule has 1 aromatic heterocycles. The quantitative estimate of drug-likeness (QED) is 0.471. The van der Waals surface area contributed by atoms with Crippen molar-refractivity contribution < 1.29 is 14.3 Å². The third-order valence-corrected chi connectivity index (χ3v) is 5.37. The highest BCUT2D eigenvalue weighted by Gasteiger charge is 2.28. The maximum atomic E-state index is 13.3. The maximum Gasteiger partial charge on any atom is 0.360 e. The van der Waals surface area contributed by atoms with Gasteiger partial charge in [-0.1, -0.05) is 60.7 Å². The fourth-order valence-electron chi connectivity index (χ4n) is 3.58. The van der Waals surface area contributed by atoms with Crippen LogP contribution in [0.2, 0.25) is 0 Å². The molecule has 166 valence electrons. The van der Waals surface area contributed by atoms with E-state index in [-0.39, 0.29) is 11.3 Å². The molecule has 4 rings (SSSR count). The SMILES string of the molecule is Cc1ccc(C)c(NC(=O)[C@H](OC(=O)c2nn(C)c(=O)c3ccccc23)c2ccccc2)c1. The third-order valence-electron chi connectivity index (χ3n) is 5.37. The van der Waals surface area contributed by atoms with Crippen molar-refractivity contribution >= 4 is 28.3 Å². The van der Waals surface area contributed by atoms with E-state index in [2.05, 4.69) is 10.4 Å². The number of hydrogen-bond acceptors (Lipinski definition) is 5. The predicted octanol–water partition coefficient (Wildman–Crippen LogP) is 4.09. The van der Waals surface area contributed by atoms with Gasteiger partial charge in [0.15, 0.2) is 5.69 Å². The number of rotatable bonds is 5. The van der Waals surface area contributed by atoms with Gasteiger partial charge in [0.1, 0.15) is 0 Å². The molecule has 33 heavy (non-hydrogen) atoms. The van der Waals surface area contributed by atoms with Crippen LogP contribution in [0.5, 0.6) is 0 Å². The smallest absolute Gasteiger partial charge is 0.360 e. The highest BCUT2D eigenvalue weighted by Crippen LogP contribution is 2.24. The van der Waals surface area contributed by atoms with Crippen molar-refractivity contribution in [1.82, 2.24) is 9.78 Å². The predicted molar refractivity (Wildman–Crippen MR) is 126 cm³/mol. The molecule has 7 heteroatoms. The van der Waals surface area contributed by atoms with Crippen molar-refractivity contribution in [3.05, 3.63) is 106 Å². The second-order valence-corrected chi connectivity index (χ2v) is 7.83. The molecule has 0 spiro atoms. The topological polar surface area (TPSA) is 90.3 Å². The van der Waals surface area contributed by atoms with E-state index in [4.69, 9.17) is 4.74 Å². The Bertz CT molecular complexity index is 1410. The van der Waals surface area contributed by atoms with E-state index in [1.807, 2.05) is 38.1 Å². The molecule has 0 fully saturated rings. The molecule has 0 saturated heterocycles. The first-order valence-electron chi connectivity index (χ1n) is 10.5. The van der Waals surface area contributed by atoms with Crippen LogP contribution in [0, 0.1) is 13.8 Å². The Morgan fingerprint density at radius 1 is 0.939 bits per heavy atom. The van der Waals surface area contributed by atoms with Crippen LogP contribution in [0.4, 0.5) is 5.69 Å². The van der Waals surface area contributed by atoms with Crippen LogP contribution >= 0.6 is 0 Å². The van der Waals surface area contributed by atoms with Crippen molar-refractivity contribution in [2.24, 2.45) is 7.05 Å². The zero-order chi connectivity index (χ0) is 23.5. The molecule has 1 amide bonds. The van der Waals surface area contributed by atoms with Gasteiger partial charge < -0.3 is 10.1 Å². The molecule has 0 bridgehead atoms. The molecular weight excluding hydrogens is 418 g/mol. The minimum Gasteiger partial charge on any atom is -0.442 e. The Morgan fingerprint density at radius 3 is 2.33 bits per heavy atom. The summed E-state index contributed by atoms with van der Waals surface area (Å²) < 4.78 is 6.79. The average Bonchev–Trinajstić information content (AvgIpc) is 2.82. The Balaban J connectivity index is 1.71. The number of nitrogens with zero attached hydrogens (tertiary/aromatic N) is 2. The molecule has 0 radical (unpaired) electrons. The molecule has 0 aliphatic rings. The van der Waals surface area contributed by atoms with Gasteiger partial charge in [-0.3, -0.25) is 9.59 Å². The summed E-state index contributed by atoms with van der Waals surface area (Å²) in [7, 11) is 1.47. The second kappa shape index (κ2) is 9.08. The average molecular weight is 441 g/mol. The van der Waals surface area contributed by atoms with E-state index in [0.29, 0.717) is 22.0 Å². The van der Waals surface area contributed by atoms with Gasteiger partial charge in [-0.2, -0.15) is 5.10 Å². The van der Waals surface area contributed by atoms with E-state index in [0.717, 1.165) is 15.8 Å². The lowest BCUT2D eigenvalue weighted by molar-refractivity contribution is -0.125. The summed E-state index contributed by atoms with van der Waals surface area (Å²) >= 11 is 0. The molecule has 1 atom stereocenters. The van der Waals surface area contributed by atoms with Crippen LogP contribution in [0.25, 0.3) is 10.8 Å². The van der Waals surface area contributed by atoms with Gasteiger partial charge in [0.05, 0.1) is 5.39 Å². The summed E-state index contributed by atoms with van der Waals surface area (Å²) in [5, 5.41) is 7.70. The highest BCUT2D eigenvalue weighted by molar-refractivity contribution is 6.04. The highest BCUT2D eigenvalue weighted by atomic mass is 16.5. The van der Waals surface area contributed by atoms with Crippen molar-refractivity contribution in [3.8, 4) is 0 Å². The zero-order valence-electron chi connectivity index (χ0n) is 18.5. The molecule has 0 saturated carbocycles. The van der Waals surface area contributed by atoms with Crippen molar-refractivity contribution in [1.29, 1.82) is 0 Å². The van der Waals surface area contributed by atoms with Gasteiger partial charge in [-0.05, 0) is 37.1 Å². The van der Waals surface area contributed by atoms with Crippen LogP contribution in [0.1, 0.15) is 33.3 Å². The Hall–Kier alpha value is -4.26. The van der Waals surface area contributed by atoms with Crippen molar-refractivity contribution in [3.63, 3.8) is 0 Å². The lowest BCUT2D eigenvalue weighted by Crippen LogP contribution is -2.28. The second-order valence-electron chi connectivity index (χ2n) is 7.83. The molecular formula is C26H23N3O4. The number of anilines is 1. The molecule has 7 nitrogen and oxygen atoms in total. The minimum atomic E-state index is -1.21. The molecule has 1 heterocycles. The molecule has 3 aromatic carbocycles. The Kier molecular flexibility index (Phi) is 6.04. The van der Waals surface area contributed by atoms with Gasteiger partial charge in [-0.25, -0.2) is 9.48 Å². The molecule has 4 aromatic rings. The van der Waals surface area contributed by atoms with Gasteiger partial charge in [0.25, 0.3) is 11.5 Å². The number of aryl methyl sites for hydroxylation is 3. The van der Waals surface area contributed by atoms with Crippen LogP contribution in [0.3, 0.4) is 0 Å². The summed E-state index contributed by atoms with van der Waals surface area (Å²) in [4.78, 5) is 38.9. The number of benzene rings is 3. The Morgan fingerprint density at radius 2 is 1.61 bits per heavy atom. The number of esters is 1. The van der Waals surface area contributed by atoms with Crippen LogP contribution in [0.15, 0.2) is 77.6 Å². The maximum absolute atomic E-state index is 13.3. The summed E-state index contributed by atoms with van der Waals surface area (Å²) in [6.07, 6.45) is -1.21. The number of ether oxygens (including phenoxy) is 1. The van der Waals surface area contributed by atoms with Crippen LogP contribution in [-0.4, -0.2) is 21.7 Å². The first-order chi connectivity index (χ1) is 15.8. The van der Waals surface area contributed by atoms with Gasteiger partial charge in [0, 0.05) is 23.7 Å². The number of nitrogens with one attached hydrogen (secondary N) is 1. The van der Waals surface area contributed by atoms with E-state index in [1.54, 1.807) is 48.5 Å². The van der Waals surface area contributed by atoms with Gasteiger partial charge in [0.2, 0.25) is 6.10 Å². The summed E-state index contributed by atoms with van der Waals surface area (Å²) in [6.45, 7) is 3.82. The lowest BCUT2D eigenvalue weighted by Gasteiger charge is -2.19. The third kappa shape index (κ3) is 4.52. The van der Waals surface area contributed by atoms with E-state index in [1.165, 1.54) is 7.05 Å². The first-order valence-corrected chi connectivity index (χ1v) is 10.5. The van der Waals surface area contributed by atoms with Crippen LogP contribution in [-0.2, 0) is 16.6 Å². The zero-order valence-corrected chi connectivity index (χ0v) is 18.5. The number of hydrogen-bond donors (Lipinski definition) is 1. The first kappa shape index (κ1) is 22.0. The standard InChI is InChI=1S/C26H23N3O4/c1-16-13-14-17(2)21(15-16)27-24(30)23(18-9-5-4-6-10-18)33-26(32)22-19-11-7-8-12-20(19)25(31)29(3)28-22/h4-15,23H,1-3H3,(H,27,30)/t23-/m1/s1. The molecule has 1 N–H and O–H groups in total. The normalized spacial score (nSPS) is 11.7. The lowest BCUT2D eigenvalue weighted by atomic mass is 10.1. The summed E-state index contributed by atoms with van der Waals surface area (Å²) in [5.41, 5.74) is 2.68. The summed E-state index contributed by atoms with van der Waals surface area (Å²) in [6, 6.07) is 21.2. The summed E-state index contributed by atoms with van der Waals surface area (Å²) in [5.74, 6) is -1.29. The van der Waals surface area contributed by atoms with Gasteiger partial charge >= 0.3 is 5.97 Å². The van der Waals surface area contributed by atoms with E-state index >= 15 is 0 Å². The largest absolute Gasteiger partial charge is 0.442 e. The number of amides is 1. The molecule has 0 unspecified atom stereocenters. The Labute approximate surface area is 190 Å². The molecule has 0 aliphatic carbocycles. The monoisotopic (exact) mass is 441 g/mol. The van der Waals surface area contributed by atoms with Gasteiger partial charge in [-0.15, -0.1) is 0 Å². The van der Waals surface area contributed by atoms with Crippen molar-refractivity contribution in [2.45, 2.75) is 20.0 Å². The van der Waals surface area contributed by atoms with E-state index in [9.17, 15) is 14.4 Å². The number of fused-ring (bicyclic) bond motifs is 1. The number of aromatic nitrogens is 2. The van der Waals surface area contributed by atoms with E-state index < -0.39 is 18.0 Å². The number of carbonyl (C=O) groups is 2. The van der Waals surface area contributed by atoms with Crippen molar-refractivity contribution in [2.75, 3.05) is 5.32 Å². The number of carbonyl (C=O) groups excluding carboxylic acids is 2. The fourth-order valence-corrected chi connectivity index (χ4v) is 3.58.